The first-order valence-electron chi connectivity index (χ1n) is 3.55. The van der Waals surface area contributed by atoms with E-state index < -0.39 is 0 Å². The van der Waals surface area contributed by atoms with Gasteiger partial charge in [-0.2, -0.15) is 0 Å². The summed E-state index contributed by atoms with van der Waals surface area (Å²) in [6.45, 7) is 0. The summed E-state index contributed by atoms with van der Waals surface area (Å²) in [5.41, 5.74) is 0. The van der Waals surface area contributed by atoms with Gasteiger partial charge in [0.05, 0.1) is 10.0 Å². The Hall–Kier alpha value is -0.0200. The monoisotopic (exact) mass is 274 g/mol. The van der Waals surface area contributed by atoms with Gasteiger partial charge >= 0.3 is 0 Å². The van der Waals surface area contributed by atoms with Crippen LogP contribution in [-0.2, 0) is 0 Å². The fourth-order valence-electron chi connectivity index (χ4n) is 0.849. The van der Waals surface area contributed by atoms with Gasteiger partial charge < -0.3 is 9.47 Å². The molecule has 0 N–H and O–H groups in total. The van der Waals surface area contributed by atoms with E-state index in [-0.39, 0.29) is 12.1 Å². The fourth-order valence-corrected chi connectivity index (χ4v) is 1.50. The lowest BCUT2D eigenvalue weighted by molar-refractivity contribution is 0.377. The average Bonchev–Trinajstić information content (AvgIpc) is 2.14. The van der Waals surface area contributed by atoms with Crippen LogP contribution in [0.3, 0.4) is 0 Å². The molecular formula is C8H6Cl4O2. The number of halogens is 4. The second-order valence-corrected chi connectivity index (χ2v) is 3.47. The zero-order valence-electron chi connectivity index (χ0n) is 6.90. The van der Waals surface area contributed by atoms with Gasteiger partial charge in [0, 0.05) is 12.1 Å². The van der Waals surface area contributed by atoms with Crippen molar-refractivity contribution < 1.29 is 9.47 Å². The second kappa shape index (κ2) is 5.76. The third-order valence-corrected chi connectivity index (χ3v) is 2.22. The molecule has 1 aromatic rings. The van der Waals surface area contributed by atoms with Crippen LogP contribution in [0.15, 0.2) is 12.1 Å². The number of hydrogen-bond donors (Lipinski definition) is 0. The zero-order chi connectivity index (χ0) is 10.6. The summed E-state index contributed by atoms with van der Waals surface area (Å²) in [5, 5.41) is 0.741. The molecule has 1 aromatic carbocycles. The van der Waals surface area contributed by atoms with E-state index >= 15 is 0 Å². The Morgan fingerprint density at radius 1 is 0.857 bits per heavy atom. The highest BCUT2D eigenvalue weighted by Crippen LogP contribution is 2.35. The second-order valence-electron chi connectivity index (χ2n) is 2.22. The number of ether oxygens (including phenoxy) is 2. The van der Waals surface area contributed by atoms with Crippen molar-refractivity contribution in [3.63, 3.8) is 0 Å². The summed E-state index contributed by atoms with van der Waals surface area (Å²) in [4.78, 5) is 0. The van der Waals surface area contributed by atoms with Gasteiger partial charge in [-0.25, -0.2) is 0 Å². The van der Waals surface area contributed by atoms with Crippen molar-refractivity contribution in [2.24, 2.45) is 0 Å². The molecule has 0 aliphatic carbocycles. The van der Waals surface area contributed by atoms with E-state index in [0.717, 1.165) is 0 Å². The summed E-state index contributed by atoms with van der Waals surface area (Å²) in [5.74, 6) is 0.821. The van der Waals surface area contributed by atoms with Gasteiger partial charge in [-0.15, -0.1) is 0 Å². The maximum absolute atomic E-state index is 5.85. The predicted molar refractivity (Wildman–Crippen MR) is 59.2 cm³/mol. The number of alkyl halides is 2. The molecule has 0 fully saturated rings. The van der Waals surface area contributed by atoms with Crippen molar-refractivity contribution in [2.45, 2.75) is 0 Å². The SMILES string of the molecule is ClCOc1cc(Cl)c(OCCl)cc1Cl. The van der Waals surface area contributed by atoms with Gasteiger partial charge in [0.25, 0.3) is 0 Å². The largest absolute Gasteiger partial charge is 0.476 e. The Morgan fingerprint density at radius 3 is 1.50 bits per heavy atom. The third kappa shape index (κ3) is 2.99. The Kier molecular flexibility index (Phi) is 4.96. The van der Waals surface area contributed by atoms with Crippen molar-refractivity contribution in [3.8, 4) is 11.5 Å². The van der Waals surface area contributed by atoms with Crippen LogP contribution in [0.25, 0.3) is 0 Å². The highest BCUT2D eigenvalue weighted by atomic mass is 35.5. The number of rotatable bonds is 4. The van der Waals surface area contributed by atoms with Gasteiger partial charge in [0.1, 0.15) is 11.5 Å². The molecule has 1 rings (SSSR count). The van der Waals surface area contributed by atoms with Gasteiger partial charge in [-0.05, 0) is 0 Å². The summed E-state index contributed by atoms with van der Waals surface area (Å²) >= 11 is 22.5. The van der Waals surface area contributed by atoms with Crippen LogP contribution in [0, 0.1) is 0 Å². The van der Waals surface area contributed by atoms with Crippen molar-refractivity contribution in [1.29, 1.82) is 0 Å². The molecule has 0 bridgehead atoms. The quantitative estimate of drug-likeness (QED) is 0.769. The summed E-state index contributed by atoms with van der Waals surface area (Å²) < 4.78 is 10.0. The molecule has 0 heterocycles. The molecule has 6 heteroatoms. The molecule has 2 nitrogen and oxygen atoms in total. The first-order valence-corrected chi connectivity index (χ1v) is 5.38. The minimum atomic E-state index is 0.00571. The summed E-state index contributed by atoms with van der Waals surface area (Å²) in [6, 6.07) is 3.06. The average molecular weight is 276 g/mol. The van der Waals surface area contributed by atoms with E-state index in [9.17, 15) is 0 Å². The topological polar surface area (TPSA) is 18.5 Å². The minimum Gasteiger partial charge on any atom is -0.476 e. The molecule has 14 heavy (non-hydrogen) atoms. The number of hydrogen-bond acceptors (Lipinski definition) is 2. The van der Waals surface area contributed by atoms with Crippen molar-refractivity contribution >= 4 is 46.4 Å². The molecule has 0 unspecified atom stereocenters. The molecule has 0 radical (unpaired) electrons. The molecule has 78 valence electrons. The van der Waals surface area contributed by atoms with Crippen molar-refractivity contribution in [3.05, 3.63) is 22.2 Å². The fraction of sp³-hybridized carbons (Fsp3) is 0.250. The third-order valence-electron chi connectivity index (χ3n) is 1.41. The van der Waals surface area contributed by atoms with E-state index in [2.05, 4.69) is 0 Å². The van der Waals surface area contributed by atoms with Crippen LogP contribution in [0.1, 0.15) is 0 Å². The van der Waals surface area contributed by atoms with Gasteiger partial charge in [-0.3, -0.25) is 0 Å². The first kappa shape index (κ1) is 12.1. The van der Waals surface area contributed by atoms with E-state index in [1.807, 2.05) is 0 Å². The van der Waals surface area contributed by atoms with Crippen LogP contribution < -0.4 is 9.47 Å². The Labute approximate surface area is 102 Å². The molecule has 0 atom stereocenters. The van der Waals surface area contributed by atoms with Crippen LogP contribution in [0.4, 0.5) is 0 Å². The van der Waals surface area contributed by atoms with Gasteiger partial charge in [0.2, 0.25) is 0 Å². The Morgan fingerprint density at radius 2 is 1.21 bits per heavy atom. The molecule has 0 saturated heterocycles. The van der Waals surface area contributed by atoms with Crippen molar-refractivity contribution in [1.82, 2.24) is 0 Å². The number of benzene rings is 1. The van der Waals surface area contributed by atoms with E-state index in [4.69, 9.17) is 55.9 Å². The predicted octanol–water partition coefficient (Wildman–Crippen LogP) is 4.14. The smallest absolute Gasteiger partial charge is 0.162 e. The highest BCUT2D eigenvalue weighted by Gasteiger charge is 2.08. The Balaban J connectivity index is 2.97. The van der Waals surface area contributed by atoms with Crippen molar-refractivity contribution in [2.75, 3.05) is 12.1 Å². The van der Waals surface area contributed by atoms with Gasteiger partial charge in [0.15, 0.2) is 12.1 Å². The van der Waals surface area contributed by atoms with Crippen LogP contribution in [0.5, 0.6) is 11.5 Å². The van der Waals surface area contributed by atoms with Crippen LogP contribution in [0.2, 0.25) is 10.0 Å². The Bertz CT molecular complexity index is 285. The molecule has 0 aliphatic rings. The molecule has 0 saturated carbocycles. The summed E-state index contributed by atoms with van der Waals surface area (Å²) in [7, 11) is 0. The maximum Gasteiger partial charge on any atom is 0.162 e. The molecular weight excluding hydrogens is 270 g/mol. The van der Waals surface area contributed by atoms with Crippen LogP contribution in [-0.4, -0.2) is 12.1 Å². The van der Waals surface area contributed by atoms with E-state index in [1.54, 1.807) is 0 Å². The zero-order valence-corrected chi connectivity index (χ0v) is 9.92. The minimum absolute atomic E-state index is 0.00571. The highest BCUT2D eigenvalue weighted by molar-refractivity contribution is 6.35. The van der Waals surface area contributed by atoms with E-state index in [0.29, 0.717) is 21.5 Å². The maximum atomic E-state index is 5.85. The molecule has 0 spiro atoms. The standard InChI is InChI=1S/C8H6Cl4O2/c9-3-13-7-1-5(11)8(14-4-10)2-6(7)12/h1-2H,3-4H2. The van der Waals surface area contributed by atoms with E-state index in [1.165, 1.54) is 12.1 Å². The van der Waals surface area contributed by atoms with Crippen LogP contribution >= 0.6 is 46.4 Å². The molecule has 0 aliphatic heterocycles. The lowest BCUT2D eigenvalue weighted by Gasteiger charge is -2.09. The lowest BCUT2D eigenvalue weighted by Crippen LogP contribution is -1.93. The first-order chi connectivity index (χ1) is 6.69. The lowest BCUT2D eigenvalue weighted by atomic mass is 10.3. The summed E-state index contributed by atoms with van der Waals surface area (Å²) in [6.07, 6.45) is 0. The van der Waals surface area contributed by atoms with Gasteiger partial charge in [-0.1, -0.05) is 46.4 Å². The molecule has 0 aromatic heterocycles. The normalized spacial score (nSPS) is 10.0. The molecule has 0 amide bonds.